The lowest BCUT2D eigenvalue weighted by atomic mass is 10.1. The number of halogens is 2. The van der Waals surface area contributed by atoms with Crippen LogP contribution < -0.4 is 10.1 Å². The van der Waals surface area contributed by atoms with E-state index in [-0.39, 0.29) is 24.2 Å². The molecule has 0 fully saturated rings. The molecule has 0 saturated heterocycles. The highest BCUT2D eigenvalue weighted by atomic mass is 79.9. The van der Waals surface area contributed by atoms with Gasteiger partial charge in [-0.2, -0.15) is 0 Å². The Balaban J connectivity index is 1.82. The standard InChI is InChI=1S/C18H18BrFN2O3/c1-22(2)18(24)13-5-3-12(4-6-13)10-21-17(23)11-25-16-8-7-14(19)9-15(16)20/h3-9H,10-11H2,1-2H3,(H,21,23). The molecule has 2 aromatic rings. The monoisotopic (exact) mass is 408 g/mol. The van der Waals surface area contributed by atoms with Crippen molar-refractivity contribution in [1.82, 2.24) is 10.2 Å². The van der Waals surface area contributed by atoms with E-state index in [1.165, 1.54) is 17.0 Å². The van der Waals surface area contributed by atoms with E-state index >= 15 is 0 Å². The van der Waals surface area contributed by atoms with Crippen LogP contribution in [0.15, 0.2) is 46.9 Å². The molecule has 2 rings (SSSR count). The van der Waals surface area contributed by atoms with Gasteiger partial charge >= 0.3 is 0 Å². The van der Waals surface area contributed by atoms with Crippen LogP contribution in [0.25, 0.3) is 0 Å². The number of nitrogens with zero attached hydrogens (tertiary/aromatic N) is 1. The molecule has 0 aromatic heterocycles. The molecular formula is C18H18BrFN2O3. The van der Waals surface area contributed by atoms with Gasteiger partial charge in [-0.05, 0) is 35.9 Å². The lowest BCUT2D eigenvalue weighted by Crippen LogP contribution is -2.28. The average Bonchev–Trinajstić information content (AvgIpc) is 2.59. The van der Waals surface area contributed by atoms with Gasteiger partial charge in [0.15, 0.2) is 18.2 Å². The first-order chi connectivity index (χ1) is 11.9. The zero-order valence-electron chi connectivity index (χ0n) is 13.9. The number of benzene rings is 2. The van der Waals surface area contributed by atoms with Crippen LogP contribution in [-0.2, 0) is 11.3 Å². The summed E-state index contributed by atoms with van der Waals surface area (Å²) in [6.45, 7) is 0.0111. The first-order valence-corrected chi connectivity index (χ1v) is 8.31. The van der Waals surface area contributed by atoms with Crippen molar-refractivity contribution in [2.75, 3.05) is 20.7 Å². The van der Waals surface area contributed by atoms with Gasteiger partial charge in [-0.1, -0.05) is 28.1 Å². The molecule has 0 aliphatic heterocycles. The molecular weight excluding hydrogens is 391 g/mol. The number of amides is 2. The molecule has 2 amide bonds. The van der Waals surface area contributed by atoms with Gasteiger partial charge in [-0.15, -0.1) is 0 Å². The van der Waals surface area contributed by atoms with Crippen LogP contribution in [0.1, 0.15) is 15.9 Å². The highest BCUT2D eigenvalue weighted by molar-refractivity contribution is 9.10. The number of nitrogens with one attached hydrogen (secondary N) is 1. The van der Waals surface area contributed by atoms with Gasteiger partial charge in [-0.3, -0.25) is 9.59 Å². The van der Waals surface area contributed by atoms with Crippen LogP contribution >= 0.6 is 15.9 Å². The van der Waals surface area contributed by atoms with Gasteiger partial charge in [0.05, 0.1) is 0 Å². The van der Waals surface area contributed by atoms with Crippen LogP contribution in [0.2, 0.25) is 0 Å². The summed E-state index contributed by atoms with van der Waals surface area (Å²) in [5.74, 6) is -0.968. The Labute approximate surface area is 153 Å². The van der Waals surface area contributed by atoms with Gasteiger partial charge in [0, 0.05) is 30.7 Å². The third kappa shape index (κ3) is 5.56. The molecule has 0 radical (unpaired) electrons. The minimum absolute atomic E-state index is 0.0184. The molecule has 7 heteroatoms. The van der Waals surface area contributed by atoms with Crippen molar-refractivity contribution in [2.45, 2.75) is 6.54 Å². The van der Waals surface area contributed by atoms with Gasteiger partial charge in [0.25, 0.3) is 11.8 Å². The van der Waals surface area contributed by atoms with Crippen LogP contribution in [0, 0.1) is 5.82 Å². The maximum absolute atomic E-state index is 13.6. The second-order valence-corrected chi connectivity index (χ2v) is 6.45. The van der Waals surface area contributed by atoms with E-state index < -0.39 is 5.82 Å². The Morgan fingerprint density at radius 2 is 1.84 bits per heavy atom. The number of carbonyl (C=O) groups excluding carboxylic acids is 2. The molecule has 0 aliphatic carbocycles. The van der Waals surface area contributed by atoms with Crippen molar-refractivity contribution in [3.8, 4) is 5.75 Å². The van der Waals surface area contributed by atoms with Crippen molar-refractivity contribution in [1.29, 1.82) is 0 Å². The molecule has 0 bridgehead atoms. The second-order valence-electron chi connectivity index (χ2n) is 5.54. The van der Waals surface area contributed by atoms with Crippen molar-refractivity contribution >= 4 is 27.7 Å². The molecule has 0 aliphatic rings. The summed E-state index contributed by atoms with van der Waals surface area (Å²) < 4.78 is 19.4. The summed E-state index contributed by atoms with van der Waals surface area (Å²) >= 11 is 3.15. The highest BCUT2D eigenvalue weighted by Gasteiger charge is 2.09. The fourth-order valence-electron chi connectivity index (χ4n) is 2.01. The predicted molar refractivity (Wildman–Crippen MR) is 95.9 cm³/mol. The Morgan fingerprint density at radius 1 is 1.16 bits per heavy atom. The Kier molecular flexibility index (Phi) is 6.52. The third-order valence-corrected chi connectivity index (χ3v) is 3.84. The number of rotatable bonds is 6. The fraction of sp³-hybridized carbons (Fsp3) is 0.222. The molecule has 0 heterocycles. The Morgan fingerprint density at radius 3 is 2.44 bits per heavy atom. The van der Waals surface area contributed by atoms with E-state index in [2.05, 4.69) is 21.2 Å². The van der Waals surface area contributed by atoms with E-state index in [1.54, 1.807) is 44.4 Å². The molecule has 1 N–H and O–H groups in total. The van der Waals surface area contributed by atoms with Crippen LogP contribution in [0.4, 0.5) is 4.39 Å². The summed E-state index contributed by atoms with van der Waals surface area (Å²) in [5, 5.41) is 2.68. The quantitative estimate of drug-likeness (QED) is 0.798. The van der Waals surface area contributed by atoms with Gasteiger partial charge in [0.2, 0.25) is 0 Å². The smallest absolute Gasteiger partial charge is 0.258 e. The minimum atomic E-state index is -0.539. The molecule has 5 nitrogen and oxygen atoms in total. The van der Waals surface area contributed by atoms with Crippen molar-refractivity contribution in [2.24, 2.45) is 0 Å². The van der Waals surface area contributed by atoms with E-state index in [1.807, 2.05) is 0 Å². The summed E-state index contributed by atoms with van der Waals surface area (Å²) in [6.07, 6.45) is 0. The molecule has 0 atom stereocenters. The van der Waals surface area contributed by atoms with E-state index in [0.29, 0.717) is 16.6 Å². The number of carbonyl (C=O) groups is 2. The minimum Gasteiger partial charge on any atom is -0.481 e. The topological polar surface area (TPSA) is 58.6 Å². The van der Waals surface area contributed by atoms with Crippen molar-refractivity contribution in [3.05, 3.63) is 63.9 Å². The van der Waals surface area contributed by atoms with Crippen molar-refractivity contribution in [3.63, 3.8) is 0 Å². The zero-order chi connectivity index (χ0) is 18.4. The molecule has 25 heavy (non-hydrogen) atoms. The average molecular weight is 409 g/mol. The van der Waals surface area contributed by atoms with Gasteiger partial charge in [-0.25, -0.2) is 4.39 Å². The van der Waals surface area contributed by atoms with Gasteiger partial charge < -0.3 is 15.0 Å². The number of ether oxygens (including phenoxy) is 1. The van der Waals surface area contributed by atoms with Crippen LogP contribution in [0.5, 0.6) is 5.75 Å². The number of hydrogen-bond acceptors (Lipinski definition) is 3. The highest BCUT2D eigenvalue weighted by Crippen LogP contribution is 2.21. The first-order valence-electron chi connectivity index (χ1n) is 7.52. The molecule has 132 valence electrons. The molecule has 0 spiro atoms. The SMILES string of the molecule is CN(C)C(=O)c1ccc(CNC(=O)COc2ccc(Br)cc2F)cc1. The molecule has 2 aromatic carbocycles. The third-order valence-electron chi connectivity index (χ3n) is 3.35. The van der Waals surface area contributed by atoms with E-state index in [9.17, 15) is 14.0 Å². The lowest BCUT2D eigenvalue weighted by Gasteiger charge is -2.11. The summed E-state index contributed by atoms with van der Waals surface area (Å²) in [4.78, 5) is 25.1. The predicted octanol–water partition coefficient (Wildman–Crippen LogP) is 2.99. The van der Waals surface area contributed by atoms with Crippen LogP contribution in [0.3, 0.4) is 0 Å². The second kappa shape index (κ2) is 8.62. The first kappa shape index (κ1) is 18.9. The Hall–Kier alpha value is -2.41. The Bertz CT molecular complexity index is 763. The summed E-state index contributed by atoms with van der Waals surface area (Å²) in [7, 11) is 3.37. The maximum Gasteiger partial charge on any atom is 0.258 e. The van der Waals surface area contributed by atoms with E-state index in [0.717, 1.165) is 5.56 Å². The largest absolute Gasteiger partial charge is 0.481 e. The summed E-state index contributed by atoms with van der Waals surface area (Å²) in [6, 6.07) is 11.3. The normalized spacial score (nSPS) is 10.2. The van der Waals surface area contributed by atoms with Gasteiger partial charge in [0.1, 0.15) is 0 Å². The molecule has 0 saturated carbocycles. The maximum atomic E-state index is 13.6. The fourth-order valence-corrected chi connectivity index (χ4v) is 2.34. The molecule has 0 unspecified atom stereocenters. The summed E-state index contributed by atoms with van der Waals surface area (Å²) in [5.41, 5.74) is 1.42. The lowest BCUT2D eigenvalue weighted by molar-refractivity contribution is -0.123. The van der Waals surface area contributed by atoms with Crippen LogP contribution in [-0.4, -0.2) is 37.4 Å². The van der Waals surface area contributed by atoms with E-state index in [4.69, 9.17) is 4.74 Å². The van der Waals surface area contributed by atoms with Crippen molar-refractivity contribution < 1.29 is 18.7 Å². The number of hydrogen-bond donors (Lipinski definition) is 1. The zero-order valence-corrected chi connectivity index (χ0v) is 15.5.